The van der Waals surface area contributed by atoms with Gasteiger partial charge in [-0.25, -0.2) is 19.9 Å². The first-order valence-corrected chi connectivity index (χ1v) is 11.5. The summed E-state index contributed by atoms with van der Waals surface area (Å²) in [5.41, 5.74) is 9.59. The molecule has 10 heteroatoms. The van der Waals surface area contributed by atoms with E-state index in [0.29, 0.717) is 19.2 Å². The number of nitrogens with one attached hydrogen (secondary N) is 1. The number of rotatable bonds is 7. The van der Waals surface area contributed by atoms with Gasteiger partial charge in [-0.2, -0.15) is 4.98 Å². The van der Waals surface area contributed by atoms with Gasteiger partial charge in [-0.1, -0.05) is 13.3 Å². The van der Waals surface area contributed by atoms with Crippen molar-refractivity contribution in [3.8, 4) is 11.3 Å². The SMILES string of the molecule is CCCCNc1cc(N2CCc3c(-c4cnc(N)nc4)nc(N4CCOCC4)nc32)ccn1. The van der Waals surface area contributed by atoms with E-state index in [1.165, 1.54) is 0 Å². The molecule has 0 amide bonds. The molecule has 5 heterocycles. The molecule has 1 saturated heterocycles. The van der Waals surface area contributed by atoms with Crippen molar-refractivity contribution < 1.29 is 4.74 Å². The zero-order valence-corrected chi connectivity index (χ0v) is 18.9. The number of fused-ring (bicyclic) bond motifs is 1. The van der Waals surface area contributed by atoms with Gasteiger partial charge in [0.05, 0.1) is 18.9 Å². The highest BCUT2D eigenvalue weighted by molar-refractivity contribution is 5.77. The highest BCUT2D eigenvalue weighted by atomic mass is 16.5. The molecule has 33 heavy (non-hydrogen) atoms. The fourth-order valence-corrected chi connectivity index (χ4v) is 4.18. The highest BCUT2D eigenvalue weighted by Crippen LogP contribution is 2.39. The number of anilines is 5. The molecule has 0 bridgehead atoms. The number of nitrogens with two attached hydrogens (primary N) is 1. The van der Waals surface area contributed by atoms with Gasteiger partial charge in [0.2, 0.25) is 11.9 Å². The first-order chi connectivity index (χ1) is 16.2. The van der Waals surface area contributed by atoms with Crippen LogP contribution in [0.1, 0.15) is 25.3 Å². The maximum atomic E-state index is 5.72. The minimum Gasteiger partial charge on any atom is -0.378 e. The Bertz CT molecular complexity index is 1100. The van der Waals surface area contributed by atoms with Crippen molar-refractivity contribution in [1.29, 1.82) is 0 Å². The van der Waals surface area contributed by atoms with Crippen LogP contribution in [0.4, 0.5) is 29.2 Å². The Hall–Kier alpha value is -3.53. The van der Waals surface area contributed by atoms with E-state index >= 15 is 0 Å². The number of pyridine rings is 1. The molecule has 0 unspecified atom stereocenters. The Morgan fingerprint density at radius 3 is 2.70 bits per heavy atom. The molecule has 0 aromatic carbocycles. The number of hydrogen-bond acceptors (Lipinski definition) is 10. The number of ether oxygens (including phenoxy) is 1. The van der Waals surface area contributed by atoms with Crippen molar-refractivity contribution in [3.05, 3.63) is 36.3 Å². The van der Waals surface area contributed by atoms with Gasteiger partial charge in [0.1, 0.15) is 11.6 Å². The standard InChI is InChI=1S/C23H29N9O/c1-2-3-6-25-19-13-17(4-7-26-19)32-8-5-18-20(16-14-27-22(24)28-15-16)29-23(30-21(18)32)31-9-11-33-12-10-31/h4,7,13-15H,2-3,5-6,8-12H2,1H3,(H,25,26)(H2,24,27,28). The summed E-state index contributed by atoms with van der Waals surface area (Å²) in [6.45, 7) is 6.77. The molecule has 0 atom stereocenters. The van der Waals surface area contributed by atoms with Crippen LogP contribution >= 0.6 is 0 Å². The number of unbranched alkanes of at least 4 members (excludes halogenated alkanes) is 1. The molecule has 2 aliphatic rings. The van der Waals surface area contributed by atoms with Gasteiger partial charge in [-0.3, -0.25) is 0 Å². The van der Waals surface area contributed by atoms with Crippen LogP contribution in [0, 0.1) is 0 Å². The molecule has 3 aromatic rings. The summed E-state index contributed by atoms with van der Waals surface area (Å²) in [6.07, 6.45) is 8.41. The quantitative estimate of drug-likeness (QED) is 0.523. The van der Waals surface area contributed by atoms with Crippen LogP contribution < -0.4 is 20.9 Å². The van der Waals surface area contributed by atoms with Crippen molar-refractivity contribution >= 4 is 29.2 Å². The first kappa shape index (κ1) is 21.3. The van der Waals surface area contributed by atoms with Crippen LogP contribution in [0.2, 0.25) is 0 Å². The second kappa shape index (κ2) is 9.53. The molecular weight excluding hydrogens is 418 g/mol. The number of hydrogen-bond donors (Lipinski definition) is 2. The Balaban J connectivity index is 1.54. The molecule has 1 fully saturated rings. The summed E-state index contributed by atoms with van der Waals surface area (Å²) in [5, 5.41) is 3.42. The van der Waals surface area contributed by atoms with E-state index in [-0.39, 0.29) is 5.95 Å². The van der Waals surface area contributed by atoms with Gasteiger partial charge in [0.25, 0.3) is 0 Å². The number of aromatic nitrogens is 5. The molecule has 0 spiro atoms. The van der Waals surface area contributed by atoms with Crippen molar-refractivity contribution in [3.63, 3.8) is 0 Å². The summed E-state index contributed by atoms with van der Waals surface area (Å²) >= 11 is 0. The first-order valence-electron chi connectivity index (χ1n) is 11.5. The molecule has 10 nitrogen and oxygen atoms in total. The lowest BCUT2D eigenvalue weighted by molar-refractivity contribution is 0.122. The lowest BCUT2D eigenvalue weighted by Gasteiger charge is -2.28. The van der Waals surface area contributed by atoms with Crippen molar-refractivity contribution in [1.82, 2.24) is 24.9 Å². The van der Waals surface area contributed by atoms with Crippen LogP contribution in [-0.4, -0.2) is 64.3 Å². The average molecular weight is 448 g/mol. The summed E-state index contributed by atoms with van der Waals surface area (Å²) in [6, 6.07) is 4.12. The monoisotopic (exact) mass is 447 g/mol. The molecular formula is C23H29N9O. The van der Waals surface area contributed by atoms with Crippen molar-refractivity contribution in [2.45, 2.75) is 26.2 Å². The fourth-order valence-electron chi connectivity index (χ4n) is 4.18. The van der Waals surface area contributed by atoms with Crippen LogP contribution in [0.15, 0.2) is 30.7 Å². The van der Waals surface area contributed by atoms with Crippen LogP contribution in [-0.2, 0) is 11.2 Å². The van der Waals surface area contributed by atoms with Crippen LogP contribution in [0.3, 0.4) is 0 Å². The minimum absolute atomic E-state index is 0.249. The average Bonchev–Trinajstić information content (AvgIpc) is 3.29. The number of nitrogens with zero attached hydrogens (tertiary/aromatic N) is 7. The predicted molar refractivity (Wildman–Crippen MR) is 129 cm³/mol. The largest absolute Gasteiger partial charge is 0.378 e. The fraction of sp³-hybridized carbons (Fsp3) is 0.435. The van der Waals surface area contributed by atoms with Gasteiger partial charge in [0.15, 0.2) is 0 Å². The molecule has 3 N–H and O–H groups in total. The maximum absolute atomic E-state index is 5.72. The zero-order chi connectivity index (χ0) is 22.6. The van der Waals surface area contributed by atoms with Crippen molar-refractivity contribution in [2.75, 3.05) is 60.2 Å². The molecule has 172 valence electrons. The molecule has 0 saturated carbocycles. The Morgan fingerprint density at radius 1 is 1.09 bits per heavy atom. The normalized spacial score (nSPS) is 15.5. The topological polar surface area (TPSA) is 118 Å². The van der Waals surface area contributed by atoms with Gasteiger partial charge >= 0.3 is 0 Å². The van der Waals surface area contributed by atoms with Crippen molar-refractivity contribution in [2.24, 2.45) is 0 Å². The smallest absolute Gasteiger partial charge is 0.228 e. The molecule has 5 rings (SSSR count). The van der Waals surface area contributed by atoms with E-state index < -0.39 is 0 Å². The predicted octanol–water partition coefficient (Wildman–Crippen LogP) is 2.65. The van der Waals surface area contributed by atoms with Gasteiger partial charge < -0.3 is 25.6 Å². The summed E-state index contributed by atoms with van der Waals surface area (Å²) in [4.78, 5) is 27.3. The van der Waals surface area contributed by atoms with E-state index in [9.17, 15) is 0 Å². The number of morpholine rings is 1. The van der Waals surface area contributed by atoms with E-state index in [2.05, 4.69) is 43.1 Å². The highest BCUT2D eigenvalue weighted by Gasteiger charge is 2.29. The molecule has 3 aromatic heterocycles. The second-order valence-corrected chi connectivity index (χ2v) is 8.18. The Kier molecular flexibility index (Phi) is 6.16. The van der Waals surface area contributed by atoms with Crippen LogP contribution in [0.25, 0.3) is 11.3 Å². The van der Waals surface area contributed by atoms with E-state index in [0.717, 1.165) is 79.6 Å². The lowest BCUT2D eigenvalue weighted by Crippen LogP contribution is -2.37. The second-order valence-electron chi connectivity index (χ2n) is 8.18. The van der Waals surface area contributed by atoms with E-state index in [1.54, 1.807) is 12.4 Å². The Labute approximate surface area is 193 Å². The van der Waals surface area contributed by atoms with Crippen LogP contribution in [0.5, 0.6) is 0 Å². The molecule has 0 aliphatic carbocycles. The minimum atomic E-state index is 0.249. The summed E-state index contributed by atoms with van der Waals surface area (Å²) in [7, 11) is 0. The maximum Gasteiger partial charge on any atom is 0.228 e. The van der Waals surface area contributed by atoms with Gasteiger partial charge in [-0.05, 0) is 18.9 Å². The number of nitrogen functional groups attached to an aromatic ring is 1. The van der Waals surface area contributed by atoms with Gasteiger partial charge in [-0.15, -0.1) is 0 Å². The summed E-state index contributed by atoms with van der Waals surface area (Å²) < 4.78 is 5.53. The zero-order valence-electron chi connectivity index (χ0n) is 18.9. The summed E-state index contributed by atoms with van der Waals surface area (Å²) in [5.74, 6) is 2.75. The third kappa shape index (κ3) is 4.51. The molecule has 2 aliphatic heterocycles. The Morgan fingerprint density at radius 2 is 1.91 bits per heavy atom. The van der Waals surface area contributed by atoms with E-state index in [4.69, 9.17) is 20.4 Å². The molecule has 0 radical (unpaired) electrons. The lowest BCUT2D eigenvalue weighted by atomic mass is 10.1. The van der Waals surface area contributed by atoms with E-state index in [1.807, 2.05) is 12.3 Å². The third-order valence-electron chi connectivity index (χ3n) is 5.95. The van der Waals surface area contributed by atoms with Gasteiger partial charge in [0, 0.05) is 67.7 Å². The third-order valence-corrected chi connectivity index (χ3v) is 5.95.